The van der Waals surface area contributed by atoms with E-state index in [1.807, 2.05) is 13.8 Å². The first-order valence-electron chi connectivity index (χ1n) is 7.74. The van der Waals surface area contributed by atoms with Gasteiger partial charge in [0.25, 0.3) is 0 Å². The highest BCUT2D eigenvalue weighted by atomic mass is 35.5. The lowest BCUT2D eigenvalue weighted by Gasteiger charge is -2.16. The van der Waals surface area contributed by atoms with E-state index in [0.717, 1.165) is 15.4 Å². The van der Waals surface area contributed by atoms with Gasteiger partial charge in [0.2, 0.25) is 0 Å². The highest BCUT2D eigenvalue weighted by Crippen LogP contribution is 2.34. The van der Waals surface area contributed by atoms with Gasteiger partial charge in [0.15, 0.2) is 0 Å². The van der Waals surface area contributed by atoms with Crippen molar-refractivity contribution in [2.75, 3.05) is 17.7 Å². The molecule has 3 aromatic rings. The average Bonchev–Trinajstić information content (AvgIpc) is 2.97. The molecule has 136 valence electrons. The number of carbonyl (C=O) groups is 1. The zero-order valence-electron chi connectivity index (χ0n) is 14.3. The van der Waals surface area contributed by atoms with Crippen LogP contribution < -0.4 is 10.6 Å². The second-order valence-corrected chi connectivity index (χ2v) is 7.21. The number of aryl methyl sites for hydroxylation is 1. The van der Waals surface area contributed by atoms with Gasteiger partial charge in [-0.05, 0) is 32.0 Å². The number of amides is 2. The number of anilines is 2. The van der Waals surface area contributed by atoms with Crippen LogP contribution in [-0.4, -0.2) is 28.2 Å². The summed E-state index contributed by atoms with van der Waals surface area (Å²) >= 11 is 7.37. The molecule has 3 N–H and O–H groups in total. The summed E-state index contributed by atoms with van der Waals surface area (Å²) in [5, 5.41) is 16.4. The highest BCUT2D eigenvalue weighted by molar-refractivity contribution is 7.18. The van der Waals surface area contributed by atoms with Crippen LogP contribution >= 0.6 is 22.9 Å². The molecule has 0 fully saturated rings. The van der Waals surface area contributed by atoms with Crippen molar-refractivity contribution in [1.82, 2.24) is 9.97 Å². The molecule has 1 unspecified atom stereocenters. The topological polar surface area (TPSA) is 96.4 Å². The fraction of sp³-hybridized carbons (Fsp3) is 0.235. The number of aromatic hydroxyl groups is 1. The van der Waals surface area contributed by atoms with Gasteiger partial charge in [0, 0.05) is 17.7 Å². The molecule has 1 aromatic carbocycles. The van der Waals surface area contributed by atoms with Crippen molar-refractivity contribution in [3.05, 3.63) is 40.0 Å². The number of carbonyl (C=O) groups excluding carboxylic acids is 1. The van der Waals surface area contributed by atoms with Crippen LogP contribution in [0.1, 0.15) is 23.6 Å². The van der Waals surface area contributed by atoms with Crippen LogP contribution in [-0.2, 0) is 4.74 Å². The van der Waals surface area contributed by atoms with E-state index in [-0.39, 0.29) is 17.5 Å². The quantitative estimate of drug-likeness (QED) is 0.559. The lowest BCUT2D eigenvalue weighted by molar-refractivity contribution is 0.121. The first-order chi connectivity index (χ1) is 12.4. The molecule has 0 aliphatic rings. The van der Waals surface area contributed by atoms with Crippen molar-refractivity contribution in [3.63, 3.8) is 0 Å². The number of urea groups is 1. The van der Waals surface area contributed by atoms with Crippen molar-refractivity contribution in [2.24, 2.45) is 0 Å². The largest absolute Gasteiger partial charge is 0.506 e. The molecule has 1 atom stereocenters. The summed E-state index contributed by atoms with van der Waals surface area (Å²) in [6.45, 7) is 3.77. The van der Waals surface area contributed by atoms with E-state index in [1.54, 1.807) is 13.3 Å². The van der Waals surface area contributed by atoms with E-state index in [9.17, 15) is 9.90 Å². The number of aromatic nitrogens is 2. The minimum atomic E-state index is -0.541. The molecule has 0 saturated heterocycles. The van der Waals surface area contributed by atoms with Gasteiger partial charge in [0.1, 0.15) is 16.1 Å². The van der Waals surface area contributed by atoms with Crippen molar-refractivity contribution in [1.29, 1.82) is 0 Å². The Bertz CT molecular complexity index is 976. The van der Waals surface area contributed by atoms with Gasteiger partial charge in [-0.25, -0.2) is 14.8 Å². The van der Waals surface area contributed by atoms with Gasteiger partial charge < -0.3 is 20.5 Å². The number of fused-ring (bicyclic) bond motifs is 1. The van der Waals surface area contributed by atoms with Crippen molar-refractivity contribution in [2.45, 2.75) is 20.0 Å². The zero-order valence-corrected chi connectivity index (χ0v) is 15.9. The number of benzene rings is 1. The summed E-state index contributed by atoms with van der Waals surface area (Å²) in [6, 6.07) is 3.85. The lowest BCUT2D eigenvalue weighted by Crippen LogP contribution is -2.21. The molecule has 0 spiro atoms. The Balaban J connectivity index is 1.92. The average molecular weight is 393 g/mol. The monoisotopic (exact) mass is 392 g/mol. The summed E-state index contributed by atoms with van der Waals surface area (Å²) in [5.41, 5.74) is 2.13. The van der Waals surface area contributed by atoms with Crippen LogP contribution in [0.2, 0.25) is 5.02 Å². The number of hydrogen-bond donors (Lipinski definition) is 3. The molecule has 0 radical (unpaired) electrons. The number of thiazole rings is 1. The standard InChI is InChI=1S/C17H17ClN4O3S/c1-8(25-3)14-12(7-19-16-15(14)20-9(2)26-16)22-17(24)21-11-6-10(18)4-5-13(11)23/h4-8,23H,1-3H3,(H2,21,22,24). The minimum Gasteiger partial charge on any atom is -0.506 e. The maximum absolute atomic E-state index is 12.4. The lowest BCUT2D eigenvalue weighted by atomic mass is 10.1. The number of halogens is 1. The van der Waals surface area contributed by atoms with Gasteiger partial charge in [0.05, 0.1) is 28.7 Å². The minimum absolute atomic E-state index is 0.0845. The summed E-state index contributed by atoms with van der Waals surface area (Å²) in [7, 11) is 1.59. The molecule has 3 rings (SSSR count). The molecule has 0 bridgehead atoms. The summed E-state index contributed by atoms with van der Waals surface area (Å²) < 4.78 is 5.44. The first kappa shape index (κ1) is 18.4. The Morgan fingerprint density at radius 1 is 1.35 bits per heavy atom. The smallest absolute Gasteiger partial charge is 0.323 e. The second kappa shape index (κ2) is 7.45. The molecule has 7 nitrogen and oxygen atoms in total. The molecule has 0 saturated carbocycles. The van der Waals surface area contributed by atoms with Crippen LogP contribution in [0.5, 0.6) is 5.75 Å². The Morgan fingerprint density at radius 2 is 2.08 bits per heavy atom. The SMILES string of the molecule is COC(C)c1c(NC(=O)Nc2cc(Cl)ccc2O)cnc2sc(C)nc12. The third kappa shape index (κ3) is 3.72. The van der Waals surface area contributed by atoms with E-state index in [2.05, 4.69) is 20.6 Å². The van der Waals surface area contributed by atoms with Gasteiger partial charge in [-0.1, -0.05) is 22.9 Å². The number of methoxy groups -OCH3 is 1. The molecule has 26 heavy (non-hydrogen) atoms. The van der Waals surface area contributed by atoms with Crippen molar-refractivity contribution < 1.29 is 14.6 Å². The third-order valence-electron chi connectivity index (χ3n) is 3.79. The van der Waals surface area contributed by atoms with Crippen LogP contribution in [0.4, 0.5) is 16.2 Å². The van der Waals surface area contributed by atoms with E-state index in [0.29, 0.717) is 16.2 Å². The zero-order chi connectivity index (χ0) is 18.8. The van der Waals surface area contributed by atoms with E-state index in [1.165, 1.54) is 29.5 Å². The Morgan fingerprint density at radius 3 is 2.81 bits per heavy atom. The van der Waals surface area contributed by atoms with Crippen LogP contribution in [0.25, 0.3) is 10.3 Å². The maximum atomic E-state index is 12.4. The predicted molar refractivity (Wildman–Crippen MR) is 103 cm³/mol. The number of hydrogen-bond acceptors (Lipinski definition) is 6. The maximum Gasteiger partial charge on any atom is 0.323 e. The molecule has 2 heterocycles. The molecule has 0 aliphatic heterocycles. The van der Waals surface area contributed by atoms with Crippen LogP contribution in [0, 0.1) is 6.92 Å². The van der Waals surface area contributed by atoms with Crippen LogP contribution in [0.15, 0.2) is 24.4 Å². The van der Waals surface area contributed by atoms with E-state index in [4.69, 9.17) is 16.3 Å². The van der Waals surface area contributed by atoms with Gasteiger partial charge >= 0.3 is 6.03 Å². The molecule has 9 heteroatoms. The number of pyridine rings is 1. The second-order valence-electron chi connectivity index (χ2n) is 5.59. The predicted octanol–water partition coefficient (Wildman–Crippen LogP) is 4.71. The van der Waals surface area contributed by atoms with E-state index < -0.39 is 6.03 Å². The number of phenolic OH excluding ortho intramolecular Hbond substituents is 1. The number of nitrogens with zero attached hydrogens (tertiary/aromatic N) is 2. The Kier molecular flexibility index (Phi) is 5.26. The van der Waals surface area contributed by atoms with Crippen LogP contribution in [0.3, 0.4) is 0 Å². The third-order valence-corrected chi connectivity index (χ3v) is 4.90. The summed E-state index contributed by atoms with van der Waals surface area (Å²) in [4.78, 5) is 22.0. The number of phenols is 1. The highest BCUT2D eigenvalue weighted by Gasteiger charge is 2.20. The number of ether oxygens (including phenoxy) is 1. The normalized spacial score (nSPS) is 12.2. The molecular formula is C17H17ClN4O3S. The molecular weight excluding hydrogens is 376 g/mol. The van der Waals surface area contributed by atoms with Crippen molar-refractivity contribution in [3.8, 4) is 5.75 Å². The fourth-order valence-electron chi connectivity index (χ4n) is 2.51. The molecule has 2 aromatic heterocycles. The Hall–Kier alpha value is -2.42. The summed E-state index contributed by atoms with van der Waals surface area (Å²) in [5.74, 6) is -0.0845. The fourth-order valence-corrected chi connectivity index (χ4v) is 3.46. The molecule has 0 aliphatic carbocycles. The summed E-state index contributed by atoms with van der Waals surface area (Å²) in [6.07, 6.45) is 1.28. The number of nitrogens with one attached hydrogen (secondary N) is 2. The number of rotatable bonds is 4. The molecule has 2 amide bonds. The van der Waals surface area contributed by atoms with Gasteiger partial charge in [-0.15, -0.1) is 0 Å². The first-order valence-corrected chi connectivity index (χ1v) is 8.94. The van der Waals surface area contributed by atoms with E-state index >= 15 is 0 Å². The van der Waals surface area contributed by atoms with Gasteiger partial charge in [-0.3, -0.25) is 0 Å². The van der Waals surface area contributed by atoms with Crippen molar-refractivity contribution >= 4 is 50.7 Å². The Labute approximate surface area is 159 Å². The van der Waals surface area contributed by atoms with Gasteiger partial charge in [-0.2, -0.15) is 0 Å².